The standard InChI is InChI=1S/C30H27N5O3/c31-30(38)21-5-3-6-23(14-21)35-18-33-26-15-32-27(29(37)28(26)35)20-10-8-19(9-11-20)25-7-2-1-4-22(25)16-34-13-12-24(36)17-34/h1-11,14-15,18,24,27,36H,12-13,16-17H2,(H2,31,38)/t24-,27?/m1/s1. The summed E-state index contributed by atoms with van der Waals surface area (Å²) in [5, 5.41) is 9.90. The van der Waals surface area contributed by atoms with E-state index >= 15 is 0 Å². The Labute approximate surface area is 220 Å². The van der Waals surface area contributed by atoms with Gasteiger partial charge >= 0.3 is 0 Å². The summed E-state index contributed by atoms with van der Waals surface area (Å²) >= 11 is 0. The summed E-state index contributed by atoms with van der Waals surface area (Å²) in [5.74, 6) is -0.698. The lowest BCUT2D eigenvalue weighted by Crippen LogP contribution is -2.21. The fourth-order valence-electron chi connectivity index (χ4n) is 5.27. The molecule has 0 saturated carbocycles. The molecule has 6 rings (SSSR count). The number of hydrogen-bond acceptors (Lipinski definition) is 6. The number of aliphatic hydroxyl groups excluding tert-OH is 1. The molecule has 2 aliphatic rings. The number of aromatic nitrogens is 2. The lowest BCUT2D eigenvalue weighted by atomic mass is 9.94. The first-order valence-corrected chi connectivity index (χ1v) is 12.6. The van der Waals surface area contributed by atoms with E-state index in [-0.39, 0.29) is 11.9 Å². The summed E-state index contributed by atoms with van der Waals surface area (Å²) in [4.78, 5) is 36.4. The first kappa shape index (κ1) is 24.0. The number of carbonyl (C=O) groups excluding carboxylic acids is 2. The van der Waals surface area contributed by atoms with Crippen molar-refractivity contribution in [1.29, 1.82) is 0 Å². The third-order valence-electron chi connectivity index (χ3n) is 7.23. The molecule has 1 fully saturated rings. The number of β-amino-alcohol motifs (C(OH)–C–C–N with tert-alkyl or cyclic N) is 1. The highest BCUT2D eigenvalue weighted by Gasteiger charge is 2.31. The Balaban J connectivity index is 1.27. The molecule has 1 amide bonds. The quantitative estimate of drug-likeness (QED) is 0.416. The average Bonchev–Trinajstić information content (AvgIpc) is 3.56. The van der Waals surface area contributed by atoms with Crippen molar-refractivity contribution in [1.82, 2.24) is 14.5 Å². The number of carbonyl (C=O) groups is 2. The number of likely N-dealkylation sites (tertiary alicyclic amines) is 1. The van der Waals surface area contributed by atoms with Gasteiger partial charge in [0, 0.05) is 30.9 Å². The second kappa shape index (κ2) is 9.81. The van der Waals surface area contributed by atoms with Crippen molar-refractivity contribution >= 4 is 17.9 Å². The highest BCUT2D eigenvalue weighted by molar-refractivity contribution is 6.08. The zero-order valence-electron chi connectivity index (χ0n) is 20.7. The molecule has 190 valence electrons. The van der Waals surface area contributed by atoms with Crippen molar-refractivity contribution < 1.29 is 14.7 Å². The number of hydrogen-bond donors (Lipinski definition) is 2. The third-order valence-corrected chi connectivity index (χ3v) is 7.23. The van der Waals surface area contributed by atoms with E-state index in [1.807, 2.05) is 36.4 Å². The minimum absolute atomic E-state index is 0.162. The molecule has 3 heterocycles. The molecule has 1 saturated heterocycles. The molecule has 38 heavy (non-hydrogen) atoms. The average molecular weight is 506 g/mol. The van der Waals surface area contributed by atoms with Crippen molar-refractivity contribution in [2.24, 2.45) is 10.7 Å². The van der Waals surface area contributed by atoms with Crippen molar-refractivity contribution in [2.75, 3.05) is 13.1 Å². The van der Waals surface area contributed by atoms with E-state index in [9.17, 15) is 14.7 Å². The molecular weight excluding hydrogens is 478 g/mol. The summed E-state index contributed by atoms with van der Waals surface area (Å²) in [7, 11) is 0. The normalized spacial score (nSPS) is 19.0. The highest BCUT2D eigenvalue weighted by Crippen LogP contribution is 2.32. The maximum Gasteiger partial charge on any atom is 0.248 e. The Morgan fingerprint density at radius 1 is 1.05 bits per heavy atom. The van der Waals surface area contributed by atoms with E-state index in [1.165, 1.54) is 5.56 Å². The van der Waals surface area contributed by atoms with Gasteiger partial charge in [0.2, 0.25) is 11.7 Å². The molecule has 0 radical (unpaired) electrons. The minimum Gasteiger partial charge on any atom is -0.392 e. The van der Waals surface area contributed by atoms with Crippen LogP contribution in [-0.4, -0.2) is 56.7 Å². The van der Waals surface area contributed by atoms with Gasteiger partial charge in [-0.3, -0.25) is 24.0 Å². The van der Waals surface area contributed by atoms with Gasteiger partial charge in [-0.05, 0) is 46.9 Å². The predicted octanol–water partition coefficient (Wildman–Crippen LogP) is 3.56. The minimum atomic E-state index is -0.687. The molecule has 0 bridgehead atoms. The number of Topliss-reactive ketones (excluding diaryl/α,β-unsaturated/α-hetero) is 1. The molecule has 3 N–H and O–H groups in total. The van der Waals surface area contributed by atoms with Crippen LogP contribution in [0, 0.1) is 0 Å². The molecule has 1 aromatic heterocycles. The maximum absolute atomic E-state index is 13.6. The number of rotatable bonds is 6. The number of imidazole rings is 1. The van der Waals surface area contributed by atoms with Crippen molar-refractivity contribution in [3.8, 4) is 16.8 Å². The first-order chi connectivity index (χ1) is 18.5. The summed E-state index contributed by atoms with van der Waals surface area (Å²) in [5.41, 5.74) is 11.5. The van der Waals surface area contributed by atoms with Crippen molar-refractivity contribution in [3.05, 3.63) is 107 Å². The fourth-order valence-corrected chi connectivity index (χ4v) is 5.27. The van der Waals surface area contributed by atoms with Crippen LogP contribution in [0.25, 0.3) is 16.8 Å². The molecule has 2 aliphatic heterocycles. The Morgan fingerprint density at radius 2 is 1.87 bits per heavy atom. The number of fused-ring (bicyclic) bond motifs is 1. The Kier molecular flexibility index (Phi) is 6.19. The largest absolute Gasteiger partial charge is 0.392 e. The topological polar surface area (TPSA) is 114 Å². The molecule has 3 aromatic carbocycles. The molecule has 0 aliphatic carbocycles. The van der Waals surface area contributed by atoms with Crippen molar-refractivity contribution in [3.63, 3.8) is 0 Å². The van der Waals surface area contributed by atoms with Gasteiger partial charge in [0.1, 0.15) is 23.8 Å². The maximum atomic E-state index is 13.6. The van der Waals surface area contributed by atoms with Crippen LogP contribution in [0.15, 0.2) is 84.1 Å². The van der Waals surface area contributed by atoms with Gasteiger partial charge in [0.25, 0.3) is 0 Å². The predicted molar refractivity (Wildman–Crippen MR) is 145 cm³/mol. The Bertz CT molecular complexity index is 1560. The molecule has 1 unspecified atom stereocenters. The Hall–Kier alpha value is -4.40. The van der Waals surface area contributed by atoms with Crippen LogP contribution >= 0.6 is 0 Å². The zero-order valence-corrected chi connectivity index (χ0v) is 20.7. The van der Waals surface area contributed by atoms with Gasteiger partial charge in [0.15, 0.2) is 0 Å². The van der Waals surface area contributed by atoms with Crippen LogP contribution in [0.1, 0.15) is 50.1 Å². The fraction of sp³-hybridized carbons (Fsp3) is 0.200. The van der Waals surface area contributed by atoms with E-state index in [0.29, 0.717) is 29.2 Å². The highest BCUT2D eigenvalue weighted by atomic mass is 16.3. The van der Waals surface area contributed by atoms with Crippen LogP contribution in [-0.2, 0) is 6.54 Å². The number of aliphatic imine (C=N–C) groups is 1. The lowest BCUT2D eigenvalue weighted by Gasteiger charge is -2.19. The van der Waals surface area contributed by atoms with Crippen LogP contribution in [0.3, 0.4) is 0 Å². The van der Waals surface area contributed by atoms with E-state index in [2.05, 4.69) is 27.0 Å². The summed E-state index contributed by atoms with van der Waals surface area (Å²) in [6, 6.07) is 22.4. The van der Waals surface area contributed by atoms with Gasteiger partial charge in [0.05, 0.1) is 12.3 Å². The second-order valence-corrected chi connectivity index (χ2v) is 9.76. The van der Waals surface area contributed by atoms with E-state index < -0.39 is 11.9 Å². The smallest absolute Gasteiger partial charge is 0.248 e. The number of amides is 1. The lowest BCUT2D eigenvalue weighted by molar-refractivity contribution is 0.0952. The van der Waals surface area contributed by atoms with Crippen LogP contribution in [0.2, 0.25) is 0 Å². The van der Waals surface area contributed by atoms with Crippen molar-refractivity contribution in [2.45, 2.75) is 25.1 Å². The Morgan fingerprint density at radius 3 is 2.63 bits per heavy atom. The molecule has 0 spiro atoms. The molecule has 2 atom stereocenters. The monoisotopic (exact) mass is 505 g/mol. The van der Waals surface area contributed by atoms with Gasteiger partial charge in [-0.2, -0.15) is 0 Å². The van der Waals surface area contributed by atoms with Gasteiger partial charge in [-0.15, -0.1) is 0 Å². The second-order valence-electron chi connectivity index (χ2n) is 9.76. The SMILES string of the molecule is NC(=O)c1cccc(-n2cnc3c2C(=O)C(c2ccc(-c4ccccc4CN4CC[C@@H](O)C4)cc2)N=C3)c1. The van der Waals surface area contributed by atoms with Crippen LogP contribution in [0.4, 0.5) is 0 Å². The first-order valence-electron chi connectivity index (χ1n) is 12.6. The number of benzene rings is 3. The summed E-state index contributed by atoms with van der Waals surface area (Å²) in [6.45, 7) is 2.37. The summed E-state index contributed by atoms with van der Waals surface area (Å²) < 4.78 is 1.68. The third kappa shape index (κ3) is 4.44. The zero-order chi connectivity index (χ0) is 26.2. The molecular formula is C30H27N5O3. The molecule has 8 heteroatoms. The van der Waals surface area contributed by atoms with Crippen LogP contribution in [0.5, 0.6) is 0 Å². The van der Waals surface area contributed by atoms with Gasteiger partial charge in [-0.25, -0.2) is 4.98 Å². The van der Waals surface area contributed by atoms with E-state index in [1.54, 1.807) is 41.4 Å². The number of aliphatic hydroxyl groups is 1. The number of primary amides is 1. The van der Waals surface area contributed by atoms with E-state index in [0.717, 1.165) is 36.2 Å². The number of nitrogens with zero attached hydrogens (tertiary/aromatic N) is 4. The number of ketones is 1. The number of nitrogens with two attached hydrogens (primary N) is 1. The molecule has 8 nitrogen and oxygen atoms in total. The van der Waals surface area contributed by atoms with Gasteiger partial charge < -0.3 is 10.8 Å². The molecule has 4 aromatic rings. The van der Waals surface area contributed by atoms with Crippen LogP contribution < -0.4 is 5.73 Å². The van der Waals surface area contributed by atoms with E-state index in [4.69, 9.17) is 5.73 Å². The summed E-state index contributed by atoms with van der Waals surface area (Å²) in [6.07, 6.45) is 3.75. The van der Waals surface area contributed by atoms with Gasteiger partial charge in [-0.1, -0.05) is 54.6 Å².